The fraction of sp³-hybridized carbons (Fsp3) is 0.0556. The van der Waals surface area contributed by atoms with Crippen LogP contribution in [0.4, 0.5) is 26.3 Å². The Morgan fingerprint density at radius 3 is 1.31 bits per heavy atom. The van der Waals surface area contributed by atoms with Gasteiger partial charge in [0.05, 0.1) is 11.1 Å². The average Bonchev–Trinajstić information content (AvgIpc) is 2.97. The van der Waals surface area contributed by atoms with Crippen LogP contribution in [0.25, 0.3) is 65.3 Å². The summed E-state index contributed by atoms with van der Waals surface area (Å²) in [5, 5.41) is 6.88. The lowest BCUT2D eigenvalue weighted by Crippen LogP contribution is -2.11. The molecule has 0 aromatic heterocycles. The van der Waals surface area contributed by atoms with E-state index in [-0.39, 0.29) is 11.6 Å². The summed E-state index contributed by atoms with van der Waals surface area (Å²) in [5.41, 5.74) is -0.908. The average molecular weight is 567 g/mol. The van der Waals surface area contributed by atoms with Crippen molar-refractivity contribution in [1.82, 2.24) is 0 Å². The summed E-state index contributed by atoms with van der Waals surface area (Å²) < 4.78 is 83.4. The molecule has 0 saturated heterocycles. The third-order valence-electron chi connectivity index (χ3n) is 7.81. The van der Waals surface area contributed by atoms with Crippen molar-refractivity contribution in [2.45, 2.75) is 12.4 Å². The number of hydrogen-bond donors (Lipinski definition) is 0. The number of rotatable bonds is 2. The van der Waals surface area contributed by atoms with Gasteiger partial charge < -0.3 is 0 Å². The van der Waals surface area contributed by atoms with Gasteiger partial charge in [-0.3, -0.25) is 0 Å². The number of hydrogen-bond acceptors (Lipinski definition) is 0. The second kappa shape index (κ2) is 9.35. The van der Waals surface area contributed by atoms with Gasteiger partial charge in [0.15, 0.2) is 0 Å². The highest BCUT2D eigenvalue weighted by molar-refractivity contribution is 6.25. The van der Waals surface area contributed by atoms with Gasteiger partial charge in [0.2, 0.25) is 0 Å². The Kier molecular flexibility index (Phi) is 5.80. The van der Waals surface area contributed by atoms with E-state index in [9.17, 15) is 26.3 Å². The molecule has 0 saturated carbocycles. The molecule has 6 heteroatoms. The molecule has 0 atom stereocenters. The maximum Gasteiger partial charge on any atom is 0.416 e. The molecular weight excluding hydrogens is 546 g/mol. The zero-order chi connectivity index (χ0) is 29.2. The van der Waals surface area contributed by atoms with E-state index in [0.29, 0.717) is 16.3 Å². The fourth-order valence-electron chi connectivity index (χ4n) is 6.02. The van der Waals surface area contributed by atoms with Gasteiger partial charge in [-0.25, -0.2) is 0 Å². The van der Waals surface area contributed by atoms with Gasteiger partial charge >= 0.3 is 12.4 Å². The number of alkyl halides is 6. The third-order valence-corrected chi connectivity index (χ3v) is 7.81. The standard InChI is InChI=1S/C36H20F6/c37-35(38,39)26-18-25(19-27(20-26)36(40,41)42)31-15-7-11-24-17-23-10-3-6-14-30(23)34(32(24)31)33-28-12-4-1-8-21(28)16-22-9-2-5-13-29(22)33/h1-20H. The third kappa shape index (κ3) is 4.26. The summed E-state index contributed by atoms with van der Waals surface area (Å²) in [6.07, 6.45) is -9.91. The van der Waals surface area contributed by atoms with Crippen LogP contribution in [0.5, 0.6) is 0 Å². The molecule has 0 aliphatic carbocycles. The van der Waals surface area contributed by atoms with Crippen LogP contribution in [0, 0.1) is 0 Å². The topological polar surface area (TPSA) is 0 Å². The fourth-order valence-corrected chi connectivity index (χ4v) is 6.02. The molecule has 0 spiro atoms. The molecule has 0 aliphatic heterocycles. The van der Waals surface area contributed by atoms with Gasteiger partial charge in [-0.1, -0.05) is 91.0 Å². The van der Waals surface area contributed by atoms with Crippen LogP contribution in [-0.4, -0.2) is 0 Å². The van der Waals surface area contributed by atoms with Gasteiger partial charge in [-0.15, -0.1) is 0 Å². The van der Waals surface area contributed by atoms with Gasteiger partial charge in [0, 0.05) is 0 Å². The Labute approximate surface area is 236 Å². The Bertz CT molecular complexity index is 2080. The molecule has 7 aromatic rings. The second-order valence-electron chi connectivity index (χ2n) is 10.4. The lowest BCUT2D eigenvalue weighted by Gasteiger charge is -2.20. The summed E-state index contributed by atoms with van der Waals surface area (Å²) in [4.78, 5) is 0. The van der Waals surface area contributed by atoms with E-state index >= 15 is 0 Å². The largest absolute Gasteiger partial charge is 0.416 e. The van der Waals surface area contributed by atoms with E-state index in [1.807, 2.05) is 84.9 Å². The first kappa shape index (κ1) is 26.1. The highest BCUT2D eigenvalue weighted by Crippen LogP contribution is 2.47. The maximum atomic E-state index is 13.9. The normalized spacial score (nSPS) is 12.5. The zero-order valence-corrected chi connectivity index (χ0v) is 21.8. The molecule has 7 rings (SSSR count). The summed E-state index contributed by atoms with van der Waals surface area (Å²) in [6.45, 7) is 0. The summed E-state index contributed by atoms with van der Waals surface area (Å²) in [6, 6.07) is 34.4. The smallest absolute Gasteiger partial charge is 0.166 e. The summed E-state index contributed by atoms with van der Waals surface area (Å²) in [5.74, 6) is 0. The van der Waals surface area contributed by atoms with Crippen molar-refractivity contribution in [1.29, 1.82) is 0 Å². The van der Waals surface area contributed by atoms with Crippen molar-refractivity contribution >= 4 is 43.1 Å². The highest BCUT2D eigenvalue weighted by Gasteiger charge is 2.37. The molecule has 0 fully saturated rings. The van der Waals surface area contributed by atoms with Crippen LogP contribution < -0.4 is 0 Å². The van der Waals surface area contributed by atoms with E-state index in [2.05, 4.69) is 6.07 Å². The van der Waals surface area contributed by atoms with Gasteiger partial charge in [0.25, 0.3) is 0 Å². The molecule has 0 unspecified atom stereocenters. The van der Waals surface area contributed by atoms with Crippen molar-refractivity contribution in [2.75, 3.05) is 0 Å². The first-order valence-electron chi connectivity index (χ1n) is 13.2. The van der Waals surface area contributed by atoms with Crippen LogP contribution in [-0.2, 0) is 12.4 Å². The van der Waals surface area contributed by atoms with Crippen molar-refractivity contribution in [3.05, 3.63) is 132 Å². The van der Waals surface area contributed by atoms with Gasteiger partial charge in [-0.2, -0.15) is 26.3 Å². The van der Waals surface area contributed by atoms with Crippen molar-refractivity contribution in [3.63, 3.8) is 0 Å². The summed E-state index contributed by atoms with van der Waals surface area (Å²) >= 11 is 0. The van der Waals surface area contributed by atoms with E-state index < -0.39 is 23.5 Å². The summed E-state index contributed by atoms with van der Waals surface area (Å²) in [7, 11) is 0. The molecule has 206 valence electrons. The lowest BCUT2D eigenvalue weighted by molar-refractivity contribution is -0.143. The number of fused-ring (bicyclic) bond motifs is 4. The van der Waals surface area contributed by atoms with Crippen LogP contribution in [0.1, 0.15) is 11.1 Å². The SMILES string of the molecule is FC(F)(F)c1cc(-c2cccc3cc4ccccc4c(-c4c5ccccc5cc5ccccc45)c23)cc(C(F)(F)F)c1. The predicted molar refractivity (Wildman–Crippen MR) is 157 cm³/mol. The van der Waals surface area contributed by atoms with Crippen molar-refractivity contribution < 1.29 is 26.3 Å². The highest BCUT2D eigenvalue weighted by atomic mass is 19.4. The monoisotopic (exact) mass is 566 g/mol. The Hall–Kier alpha value is -4.84. The Morgan fingerprint density at radius 1 is 0.381 bits per heavy atom. The van der Waals surface area contributed by atoms with E-state index in [4.69, 9.17) is 0 Å². The lowest BCUT2D eigenvalue weighted by atomic mass is 9.83. The molecule has 0 aliphatic rings. The minimum atomic E-state index is -4.96. The van der Waals surface area contributed by atoms with Gasteiger partial charge in [0.1, 0.15) is 0 Å². The molecule has 0 bridgehead atoms. The van der Waals surface area contributed by atoms with Crippen molar-refractivity contribution in [3.8, 4) is 22.3 Å². The van der Waals surface area contributed by atoms with Crippen molar-refractivity contribution in [2.24, 2.45) is 0 Å². The molecule has 0 N–H and O–H groups in total. The molecule has 0 nitrogen and oxygen atoms in total. The van der Waals surface area contributed by atoms with E-state index in [1.165, 1.54) is 0 Å². The Balaban J connectivity index is 1.71. The first-order chi connectivity index (χ1) is 20.1. The first-order valence-corrected chi connectivity index (χ1v) is 13.2. The second-order valence-corrected chi connectivity index (χ2v) is 10.4. The molecule has 0 radical (unpaired) electrons. The Morgan fingerprint density at radius 2 is 0.810 bits per heavy atom. The van der Waals surface area contributed by atoms with Crippen LogP contribution in [0.2, 0.25) is 0 Å². The number of benzene rings is 7. The molecule has 0 heterocycles. The minimum Gasteiger partial charge on any atom is -0.166 e. The number of halogens is 6. The van der Waals surface area contributed by atoms with Crippen LogP contribution in [0.3, 0.4) is 0 Å². The quantitative estimate of drug-likeness (QED) is 0.144. The van der Waals surface area contributed by atoms with Crippen LogP contribution >= 0.6 is 0 Å². The van der Waals surface area contributed by atoms with E-state index in [1.54, 1.807) is 12.1 Å². The van der Waals surface area contributed by atoms with Gasteiger partial charge in [-0.05, 0) is 95.7 Å². The molecule has 42 heavy (non-hydrogen) atoms. The molecule has 0 amide bonds. The maximum absolute atomic E-state index is 13.9. The minimum absolute atomic E-state index is 0.149. The predicted octanol–water partition coefficient (Wildman–Crippen LogP) is 11.7. The molecular formula is C36H20F6. The zero-order valence-electron chi connectivity index (χ0n) is 21.8. The van der Waals surface area contributed by atoms with E-state index in [0.717, 1.165) is 55.6 Å². The molecule has 7 aromatic carbocycles. The van der Waals surface area contributed by atoms with Crippen LogP contribution in [0.15, 0.2) is 121 Å².